The molecule has 0 saturated carbocycles. The second-order valence-corrected chi connectivity index (χ2v) is 18.7. The Bertz CT molecular complexity index is 2850. The van der Waals surface area contributed by atoms with Crippen LogP contribution < -0.4 is 10.7 Å². The summed E-state index contributed by atoms with van der Waals surface area (Å²) < 4.78 is 126. The van der Waals surface area contributed by atoms with Crippen LogP contribution in [0.2, 0.25) is 0 Å². The molecule has 485 valence electrons. The van der Waals surface area contributed by atoms with Gasteiger partial charge in [-0.15, -0.1) is 11.0 Å². The van der Waals surface area contributed by atoms with Crippen molar-refractivity contribution in [2.24, 2.45) is 0 Å². The summed E-state index contributed by atoms with van der Waals surface area (Å²) in [7, 11) is -7.88. The number of halogens is 12. The van der Waals surface area contributed by atoms with Crippen LogP contribution in [0.1, 0.15) is 51.0 Å². The summed E-state index contributed by atoms with van der Waals surface area (Å²) in [6.07, 6.45) is 1.32. The van der Waals surface area contributed by atoms with E-state index in [-0.39, 0.29) is 34.1 Å². The van der Waals surface area contributed by atoms with Gasteiger partial charge in [0.05, 0.1) is 70.3 Å². The third kappa shape index (κ3) is 31.8. The average molecular weight is 1340 g/mol. The number of aryl methyl sites for hydroxylation is 4. The van der Waals surface area contributed by atoms with Crippen LogP contribution in [0.3, 0.4) is 0 Å². The summed E-state index contributed by atoms with van der Waals surface area (Å²) in [5.74, 6) is 3.82. The smallest absolute Gasteiger partial charge is 0.850 e. The first-order chi connectivity index (χ1) is 40.3. The van der Waals surface area contributed by atoms with Crippen molar-refractivity contribution in [3.05, 3.63) is 125 Å². The van der Waals surface area contributed by atoms with Crippen molar-refractivity contribution in [1.29, 1.82) is 0 Å². The summed E-state index contributed by atoms with van der Waals surface area (Å²) in [4.78, 5) is 64.7. The normalized spacial score (nSPS) is 10.8. The largest absolute Gasteiger partial charge is 3.00 e. The molecule has 3 amide bonds. The van der Waals surface area contributed by atoms with Gasteiger partial charge in [-0.05, 0) is 89.3 Å². The number of carbonyl (C=O) groups excluding carboxylic acids is 3. The van der Waals surface area contributed by atoms with Crippen LogP contribution in [0, 0.1) is 4.91 Å². The summed E-state index contributed by atoms with van der Waals surface area (Å²) in [6.45, 7) is 14.6. The maximum atomic E-state index is 14.6. The first-order valence-electron chi connectivity index (χ1n) is 26.3. The number of para-hydroxylation sites is 8. The Hall–Kier alpha value is -6.96. The number of amides is 3. The SMILES string of the molecule is CCn1c(CN(Cc2nc3ccccc3n2CC)CC([O-])CN(Cc2nc3ccccc3n2CC)Cc2nc3ccccc3n2CC)nc2ccccc21.CN(C)C=O.CN(C)C=O.CN(C)C=O.F[B-](F)(F)F.F[B-](F)(F)F.F[B-](F)(F)F.[Fe+3].[Fe+3].[N]=O. The van der Waals surface area contributed by atoms with Gasteiger partial charge in [-0.3, -0.25) is 24.2 Å². The van der Waals surface area contributed by atoms with E-state index < -0.39 is 27.9 Å². The van der Waals surface area contributed by atoms with Crippen molar-refractivity contribution < 1.29 is 105 Å². The Balaban J connectivity index is 0. The number of benzene rings is 4. The Morgan fingerprint density at radius 2 is 0.568 bits per heavy atom. The number of nitrogens with zero attached hydrogens (tertiary/aromatic N) is 14. The Morgan fingerprint density at radius 1 is 0.409 bits per heavy atom. The van der Waals surface area contributed by atoms with E-state index in [4.69, 9.17) is 30.4 Å². The van der Waals surface area contributed by atoms with E-state index in [9.17, 15) is 71.3 Å². The Morgan fingerprint density at radius 3 is 0.716 bits per heavy atom. The minimum Gasteiger partial charge on any atom is -0.850 e. The molecular formula is C52H70B3F12Fe2N14O5+2. The number of rotatable bonds is 19. The van der Waals surface area contributed by atoms with Crippen molar-refractivity contribution in [3.63, 3.8) is 0 Å². The molecule has 4 aromatic heterocycles. The third-order valence-electron chi connectivity index (χ3n) is 11.2. The fourth-order valence-corrected chi connectivity index (χ4v) is 8.20. The van der Waals surface area contributed by atoms with Gasteiger partial charge >= 0.3 is 55.9 Å². The maximum Gasteiger partial charge on any atom is 3.00 e. The van der Waals surface area contributed by atoms with Crippen molar-refractivity contribution in [2.75, 3.05) is 55.4 Å². The molecule has 8 aromatic rings. The minimum atomic E-state index is -6.00. The molecule has 0 saturated heterocycles. The zero-order chi connectivity index (χ0) is 65.5. The molecule has 0 spiro atoms. The van der Waals surface area contributed by atoms with Crippen LogP contribution in [-0.4, -0.2) is 165 Å². The van der Waals surface area contributed by atoms with Gasteiger partial charge in [0, 0.05) is 68.5 Å². The molecule has 0 aliphatic rings. The van der Waals surface area contributed by atoms with Crippen LogP contribution in [0.4, 0.5) is 51.8 Å². The van der Waals surface area contributed by atoms with Crippen molar-refractivity contribution >= 4 is 85.1 Å². The quantitative estimate of drug-likeness (QED) is 0.0425. The molecule has 3 radical (unpaired) electrons. The standard InChI is InChI=1S/C43H49N10O.3C3H7NO.3BF4.2Fe.NO/c1-5-50-36-21-13-9-17-32(36)44-40(50)27-48(28-41-45-33-18-10-14-22-37(33)51(41)6-2)25-31(54)26-49(29-42-46-34-19-11-15-23-38(34)52(42)7-3)30-43-47-35-20-12-16-24-39(35)53(43)8-4;3*1-4(2)3-5;3*2-1(3,4)5;;;1-2/h9-24,31H,5-8,25-30H2,1-4H3;3*3H,1-2H3;;;;;;/q-1;;;;3*-1;2*+3;. The molecule has 0 bridgehead atoms. The molecule has 4 heterocycles. The number of carbonyl (C=O) groups is 3. The van der Waals surface area contributed by atoms with Crippen LogP contribution >= 0.6 is 0 Å². The minimum absolute atomic E-state index is 0. The zero-order valence-corrected chi connectivity index (χ0v) is 52.1. The topological polar surface area (TPSA) is 201 Å². The van der Waals surface area contributed by atoms with Crippen molar-refractivity contribution in [3.8, 4) is 0 Å². The number of imidazole rings is 4. The summed E-state index contributed by atoms with van der Waals surface area (Å²) in [5.41, 5.74) is 14.1. The molecule has 0 atom stereocenters. The Labute approximate surface area is 523 Å². The molecule has 36 heteroatoms. The van der Waals surface area contributed by atoms with Crippen LogP contribution in [-0.2, 0) is 101 Å². The second kappa shape index (κ2) is 41.3. The molecule has 0 aliphatic heterocycles. The van der Waals surface area contributed by atoms with Gasteiger partial charge in [0.25, 0.3) is 0 Å². The van der Waals surface area contributed by atoms with Gasteiger partial charge in [-0.25, -0.2) is 19.9 Å². The van der Waals surface area contributed by atoms with E-state index in [1.165, 1.54) is 14.7 Å². The summed E-state index contributed by atoms with van der Waals surface area (Å²) in [5, 5.41) is 14.6. The Kier molecular flexibility index (Phi) is 39.0. The molecule has 4 aromatic carbocycles. The molecule has 19 nitrogen and oxygen atoms in total. The van der Waals surface area contributed by atoms with E-state index in [1.54, 1.807) is 42.3 Å². The maximum absolute atomic E-state index is 14.6. The van der Waals surface area contributed by atoms with Gasteiger partial charge in [0.1, 0.15) is 28.9 Å². The molecule has 8 rings (SSSR count). The molecule has 88 heavy (non-hydrogen) atoms. The molecule has 0 aliphatic carbocycles. The molecular weight excluding hydrogens is 1270 g/mol. The van der Waals surface area contributed by atoms with Gasteiger partial charge < -0.3 is 89.9 Å². The first-order valence-corrected chi connectivity index (χ1v) is 26.3. The van der Waals surface area contributed by atoms with Crippen LogP contribution in [0.5, 0.6) is 0 Å². The van der Waals surface area contributed by atoms with E-state index in [0.717, 1.165) is 113 Å². The van der Waals surface area contributed by atoms with Gasteiger partial charge in [0.15, 0.2) is 0 Å². The van der Waals surface area contributed by atoms with Crippen LogP contribution in [0.15, 0.2) is 97.1 Å². The van der Waals surface area contributed by atoms with Gasteiger partial charge in [0.2, 0.25) is 19.2 Å². The average Bonchev–Trinajstić information content (AvgIpc) is 2.09. The van der Waals surface area contributed by atoms with Crippen molar-refractivity contribution in [2.45, 2.75) is 86.2 Å². The predicted molar refractivity (Wildman–Crippen MR) is 309 cm³/mol. The first kappa shape index (κ1) is 83.1. The summed E-state index contributed by atoms with van der Waals surface area (Å²) in [6, 6.07) is 33.1. The number of hydrogen-bond acceptors (Lipinski definition) is 11. The fraction of sp³-hybridized carbons (Fsp3) is 0.404. The predicted octanol–water partition coefficient (Wildman–Crippen LogP) is 9.16. The fourth-order valence-electron chi connectivity index (χ4n) is 8.20. The van der Waals surface area contributed by atoms with E-state index in [2.05, 4.69) is 129 Å². The number of hydrogen-bond donors (Lipinski definition) is 0. The monoisotopic (exact) mass is 1340 g/mol. The third-order valence-corrected chi connectivity index (χ3v) is 11.2. The van der Waals surface area contributed by atoms with E-state index >= 15 is 0 Å². The molecule has 0 unspecified atom stereocenters. The number of aromatic nitrogens is 8. The van der Waals surface area contributed by atoms with E-state index in [1.807, 2.05) is 24.3 Å². The van der Waals surface area contributed by atoms with Gasteiger partial charge in [-0.2, -0.15) is 0 Å². The molecule has 0 fully saturated rings. The van der Waals surface area contributed by atoms with Gasteiger partial charge in [-0.1, -0.05) is 48.5 Å². The number of fused-ring (bicyclic) bond motifs is 4. The summed E-state index contributed by atoms with van der Waals surface area (Å²) >= 11 is 0. The van der Waals surface area contributed by atoms with Crippen molar-refractivity contribution in [1.82, 2.24) is 68.3 Å². The zero-order valence-electron chi connectivity index (χ0n) is 49.9. The van der Waals surface area contributed by atoms with E-state index in [0.29, 0.717) is 39.3 Å². The van der Waals surface area contributed by atoms with Crippen LogP contribution in [0.25, 0.3) is 44.1 Å². The molecule has 0 N–H and O–H groups in total. The second-order valence-electron chi connectivity index (χ2n) is 18.7. The number of nitroso groups, excluding NO2 is 1.